The van der Waals surface area contributed by atoms with Gasteiger partial charge in [0.15, 0.2) is 22.3 Å². The lowest BCUT2D eigenvalue weighted by atomic mass is 10.1. The number of hydrogen-bond acceptors (Lipinski definition) is 16. The number of anilines is 2. The number of alkyl halides is 7. The molecule has 3 N–H and O–H groups in total. The minimum absolute atomic E-state index is 0.0165. The predicted octanol–water partition coefficient (Wildman–Crippen LogP) is 5.62. The van der Waals surface area contributed by atoms with Crippen LogP contribution < -0.4 is 33.1 Å². The maximum atomic E-state index is 13.3. The molecule has 10 rings (SSSR count). The fraction of sp³-hybridized carbons (Fsp3) is 0.208. The molecule has 0 spiro atoms. The molecule has 0 fully saturated rings. The number of H-pyrrole nitrogens is 1. The Morgan fingerprint density at radius 1 is 0.658 bits per heavy atom. The normalized spacial score (nSPS) is 11.5. The highest BCUT2D eigenvalue weighted by Crippen LogP contribution is 2.35. The van der Waals surface area contributed by atoms with Gasteiger partial charge < -0.3 is 28.8 Å². The van der Waals surface area contributed by atoms with Gasteiger partial charge in [0, 0.05) is 61.1 Å². The molecular formula is C48H39ClF6N16O8. The number of pyridine rings is 4. The zero-order valence-electron chi connectivity index (χ0n) is 41.3. The summed E-state index contributed by atoms with van der Waals surface area (Å²) in [6.45, 7) is 1.71. The Hall–Kier alpha value is -9.87. The number of aromatic amines is 1. The highest BCUT2D eigenvalue weighted by molar-refractivity contribution is 6.16. The summed E-state index contributed by atoms with van der Waals surface area (Å²) in [5, 5.41) is 12.4. The second-order valence-corrected chi connectivity index (χ2v) is 17.1. The van der Waals surface area contributed by atoms with Gasteiger partial charge in [-0.2, -0.15) is 26.3 Å². The minimum atomic E-state index is -4.58. The minimum Gasteiger partial charge on any atom is -0.364 e. The van der Waals surface area contributed by atoms with E-state index in [9.17, 15) is 55.1 Å². The highest BCUT2D eigenvalue weighted by atomic mass is 35.5. The number of fused-ring (bicyclic) bond motifs is 2. The standard InChI is InChI=1S/C24H19F3N8O4.C20H16F3N7O3.C4H4ClNO/c1-13-16(24(25,26)27)8-14(9-28-13)17-4-3-5-18(30-17)31-19(36)11-34-12-29-21-20(34)22(37)35(23(38)33(21)2)10-15-6-7-39-32-15;1-10-12(20(21,22)23)6-11(7-24-10)13-4-3-5-14(26-13)27-15(31)8-30-9-25-17-16(30)18(32)28-19(33)29(17)2;5-3-4-1-2-7-6-4/h3-9,12H,10-11H2,1-2H3,(H,30,31,36);3-7,9H,8H2,1-2H3,(H,26,27,31)(H,28,32,33);1-2H,3H2. The van der Waals surface area contributed by atoms with Crippen LogP contribution in [-0.2, 0) is 61.6 Å². The summed E-state index contributed by atoms with van der Waals surface area (Å²) in [6, 6.07) is 14.1. The summed E-state index contributed by atoms with van der Waals surface area (Å²) in [5.41, 5.74) is -2.69. The van der Waals surface area contributed by atoms with E-state index < -0.39 is 57.8 Å². The zero-order valence-corrected chi connectivity index (χ0v) is 42.0. The van der Waals surface area contributed by atoms with Crippen molar-refractivity contribution in [3.63, 3.8) is 0 Å². The van der Waals surface area contributed by atoms with Crippen molar-refractivity contribution in [2.24, 2.45) is 14.1 Å². The van der Waals surface area contributed by atoms with Crippen LogP contribution in [0.3, 0.4) is 0 Å². The average molecular weight is 1120 g/mol. The van der Waals surface area contributed by atoms with Crippen LogP contribution in [0.4, 0.5) is 38.0 Å². The number of carbonyl (C=O) groups excluding carboxylic acids is 2. The van der Waals surface area contributed by atoms with Crippen molar-refractivity contribution in [3.05, 3.63) is 174 Å². The Morgan fingerprint density at radius 3 is 1.59 bits per heavy atom. The summed E-state index contributed by atoms with van der Waals surface area (Å²) in [6.07, 6.45) is -1.29. The van der Waals surface area contributed by atoms with Gasteiger partial charge in [0.25, 0.3) is 11.1 Å². The largest absolute Gasteiger partial charge is 0.418 e. The van der Waals surface area contributed by atoms with Crippen molar-refractivity contribution in [2.75, 3.05) is 10.6 Å². The van der Waals surface area contributed by atoms with E-state index in [4.69, 9.17) is 16.1 Å². The van der Waals surface area contributed by atoms with E-state index in [0.717, 1.165) is 27.0 Å². The fourth-order valence-electron chi connectivity index (χ4n) is 7.60. The smallest absolute Gasteiger partial charge is 0.364 e. The summed E-state index contributed by atoms with van der Waals surface area (Å²) >= 11 is 5.35. The van der Waals surface area contributed by atoms with E-state index >= 15 is 0 Å². The van der Waals surface area contributed by atoms with Crippen LogP contribution in [0.15, 0.2) is 126 Å². The van der Waals surface area contributed by atoms with Gasteiger partial charge in [-0.3, -0.25) is 47.8 Å². The molecule has 0 radical (unpaired) electrons. The number of hydrogen-bond donors (Lipinski definition) is 3. The molecule has 408 valence electrons. The number of carbonyl (C=O) groups is 2. The summed E-state index contributed by atoms with van der Waals surface area (Å²) in [7, 11) is 2.87. The molecule has 31 heteroatoms. The molecule has 10 aromatic rings. The molecule has 0 aliphatic carbocycles. The molecule has 0 aromatic carbocycles. The van der Waals surface area contributed by atoms with E-state index in [1.807, 2.05) is 0 Å². The molecule has 0 unspecified atom stereocenters. The van der Waals surface area contributed by atoms with Gasteiger partial charge in [0.1, 0.15) is 42.9 Å². The number of aryl methyl sites for hydroxylation is 4. The van der Waals surface area contributed by atoms with Crippen LogP contribution in [0.1, 0.15) is 33.9 Å². The van der Waals surface area contributed by atoms with E-state index in [2.05, 4.69) is 60.4 Å². The van der Waals surface area contributed by atoms with Crippen LogP contribution in [0, 0.1) is 13.8 Å². The van der Waals surface area contributed by atoms with Crippen molar-refractivity contribution >= 4 is 57.4 Å². The maximum Gasteiger partial charge on any atom is 0.418 e. The molecule has 0 saturated heterocycles. The summed E-state index contributed by atoms with van der Waals surface area (Å²) in [4.78, 5) is 101. The lowest BCUT2D eigenvalue weighted by molar-refractivity contribution is -0.139. The number of nitrogens with zero attached hydrogens (tertiary/aromatic N) is 13. The lowest BCUT2D eigenvalue weighted by Crippen LogP contribution is -2.40. The second kappa shape index (κ2) is 22.8. The SMILES string of the molecule is Cc1ncc(-c2cccc(NC(=O)Cn3cnc4c3c(=O)[nH]c(=O)n4C)n2)cc1C(F)(F)F.Cc1ncc(-c2cccc(NC(=O)Cn3cnc4c3c(=O)n(Cc3ccon3)c(=O)n4C)n2)cc1C(F)(F)F.ClCc1ccon1. The van der Waals surface area contributed by atoms with E-state index in [1.54, 1.807) is 6.07 Å². The third kappa shape index (κ3) is 12.5. The van der Waals surface area contributed by atoms with Crippen LogP contribution in [-0.4, -0.2) is 79.9 Å². The molecule has 0 atom stereocenters. The maximum absolute atomic E-state index is 13.3. The van der Waals surface area contributed by atoms with Gasteiger partial charge in [-0.15, -0.1) is 11.6 Å². The Morgan fingerprint density at radius 2 is 1.14 bits per heavy atom. The predicted molar refractivity (Wildman–Crippen MR) is 268 cm³/mol. The van der Waals surface area contributed by atoms with Crippen molar-refractivity contribution in [3.8, 4) is 22.5 Å². The summed E-state index contributed by atoms with van der Waals surface area (Å²) in [5.74, 6) is -0.556. The molecule has 0 aliphatic rings. The van der Waals surface area contributed by atoms with E-state index in [1.165, 1.54) is 122 Å². The van der Waals surface area contributed by atoms with Gasteiger partial charge in [0.05, 0.1) is 53.3 Å². The highest BCUT2D eigenvalue weighted by Gasteiger charge is 2.34. The molecule has 2 amide bonds. The van der Waals surface area contributed by atoms with Gasteiger partial charge in [0.2, 0.25) is 11.8 Å². The first-order chi connectivity index (χ1) is 37.5. The van der Waals surface area contributed by atoms with Crippen molar-refractivity contribution < 1.29 is 45.0 Å². The topological polar surface area (TPSA) is 296 Å². The molecule has 0 saturated carbocycles. The molecular weight excluding hydrogens is 1080 g/mol. The molecule has 10 aromatic heterocycles. The first-order valence-electron chi connectivity index (χ1n) is 22.8. The van der Waals surface area contributed by atoms with Crippen molar-refractivity contribution in [1.29, 1.82) is 0 Å². The van der Waals surface area contributed by atoms with Crippen LogP contribution in [0.25, 0.3) is 44.8 Å². The Labute approximate surface area is 442 Å². The van der Waals surface area contributed by atoms with Gasteiger partial charge in [-0.05, 0) is 50.2 Å². The second-order valence-electron chi connectivity index (χ2n) is 16.9. The van der Waals surface area contributed by atoms with Crippen LogP contribution in [0.5, 0.6) is 0 Å². The average Bonchev–Trinajstić information content (AvgIpc) is 4.36. The lowest BCUT2D eigenvalue weighted by Gasteiger charge is -2.12. The number of imidazole rings is 2. The first-order valence-corrected chi connectivity index (χ1v) is 23.3. The van der Waals surface area contributed by atoms with Gasteiger partial charge in [-0.25, -0.2) is 29.5 Å². The van der Waals surface area contributed by atoms with Crippen molar-refractivity contribution in [1.82, 2.24) is 68.0 Å². The number of halogens is 7. The molecule has 0 bridgehead atoms. The van der Waals surface area contributed by atoms with Crippen LogP contribution >= 0.6 is 11.6 Å². The Balaban J connectivity index is 0.000000187. The zero-order chi connectivity index (χ0) is 56.9. The Kier molecular flexibility index (Phi) is 16.0. The number of amides is 2. The van der Waals surface area contributed by atoms with Gasteiger partial charge >= 0.3 is 23.7 Å². The number of rotatable bonds is 11. The third-order valence-electron chi connectivity index (χ3n) is 11.5. The molecule has 10 heterocycles. The monoisotopic (exact) mass is 1120 g/mol. The number of nitrogens with one attached hydrogen (secondary N) is 3. The molecule has 0 aliphatic heterocycles. The van der Waals surface area contributed by atoms with Crippen LogP contribution in [0.2, 0.25) is 0 Å². The number of aromatic nitrogens is 14. The third-order valence-corrected chi connectivity index (χ3v) is 11.7. The quantitative estimate of drug-likeness (QED) is 0.105. The van der Waals surface area contributed by atoms with E-state index in [0.29, 0.717) is 11.6 Å². The van der Waals surface area contributed by atoms with Gasteiger partial charge in [-0.1, -0.05) is 22.4 Å². The first kappa shape index (κ1) is 55.4. The molecule has 79 heavy (non-hydrogen) atoms. The fourth-order valence-corrected chi connectivity index (χ4v) is 7.74. The van der Waals surface area contributed by atoms with E-state index in [-0.39, 0.29) is 87.5 Å². The molecule has 24 nitrogen and oxygen atoms in total. The summed E-state index contributed by atoms with van der Waals surface area (Å²) < 4.78 is 94.6. The van der Waals surface area contributed by atoms with Crippen molar-refractivity contribution in [2.45, 2.75) is 51.7 Å². The Bertz CT molecular complexity index is 4130.